The van der Waals surface area contributed by atoms with Crippen LogP contribution >= 0.6 is 0 Å². The molecule has 1 aromatic heterocycles. The number of aromatic nitrogens is 2. The molecular formula is C13H21N3O2. The summed E-state index contributed by atoms with van der Waals surface area (Å²) >= 11 is 0. The number of ether oxygens (including phenoxy) is 1. The SMILES string of the molecule is CCCNC(C)c1nc(C2CC3CCC2O3)no1. The molecule has 5 nitrogen and oxygen atoms in total. The molecule has 0 saturated carbocycles. The lowest BCUT2D eigenvalue weighted by Gasteiger charge is -2.14. The Kier molecular flexibility index (Phi) is 3.35. The van der Waals surface area contributed by atoms with Gasteiger partial charge in [-0.2, -0.15) is 4.98 Å². The highest BCUT2D eigenvalue weighted by molar-refractivity contribution is 5.07. The van der Waals surface area contributed by atoms with Crippen LogP contribution in [0, 0.1) is 0 Å². The Morgan fingerprint density at radius 3 is 3.00 bits per heavy atom. The van der Waals surface area contributed by atoms with Crippen LogP contribution in [0.25, 0.3) is 0 Å². The van der Waals surface area contributed by atoms with E-state index in [0.717, 1.165) is 31.6 Å². The summed E-state index contributed by atoms with van der Waals surface area (Å²) in [6.07, 6.45) is 5.24. The van der Waals surface area contributed by atoms with Crippen LogP contribution in [0.1, 0.15) is 63.2 Å². The Labute approximate surface area is 107 Å². The van der Waals surface area contributed by atoms with Crippen LogP contribution in [0.4, 0.5) is 0 Å². The normalized spacial score (nSPS) is 32.0. The second-order valence-electron chi connectivity index (χ2n) is 5.38. The number of hydrogen-bond acceptors (Lipinski definition) is 5. The maximum atomic E-state index is 5.84. The largest absolute Gasteiger partial charge is 0.374 e. The molecule has 2 saturated heterocycles. The van der Waals surface area contributed by atoms with Crippen LogP contribution in [0.3, 0.4) is 0 Å². The van der Waals surface area contributed by atoms with Crippen molar-refractivity contribution in [3.8, 4) is 0 Å². The van der Waals surface area contributed by atoms with E-state index in [1.807, 2.05) is 0 Å². The summed E-state index contributed by atoms with van der Waals surface area (Å²) < 4.78 is 11.2. The molecule has 2 bridgehead atoms. The molecule has 0 aromatic carbocycles. The molecule has 2 aliphatic rings. The first kappa shape index (κ1) is 12.1. The van der Waals surface area contributed by atoms with E-state index in [2.05, 4.69) is 29.3 Å². The van der Waals surface area contributed by atoms with Crippen LogP contribution < -0.4 is 5.32 Å². The topological polar surface area (TPSA) is 60.2 Å². The molecule has 5 heteroatoms. The van der Waals surface area contributed by atoms with Crippen LogP contribution in [0.2, 0.25) is 0 Å². The standard InChI is InChI=1S/C13H21N3O2/c1-3-6-14-8(2)13-15-12(16-18-13)10-7-9-4-5-11(10)17-9/h8-11,14H,3-7H2,1-2H3. The fraction of sp³-hybridized carbons (Fsp3) is 0.846. The van der Waals surface area contributed by atoms with Gasteiger partial charge in [0.15, 0.2) is 5.82 Å². The second-order valence-corrected chi connectivity index (χ2v) is 5.38. The van der Waals surface area contributed by atoms with E-state index in [1.54, 1.807) is 0 Å². The highest BCUT2D eigenvalue weighted by Gasteiger charge is 2.43. The van der Waals surface area contributed by atoms with Gasteiger partial charge in [0.25, 0.3) is 0 Å². The van der Waals surface area contributed by atoms with Crippen molar-refractivity contribution in [3.63, 3.8) is 0 Å². The van der Waals surface area contributed by atoms with E-state index < -0.39 is 0 Å². The minimum absolute atomic E-state index is 0.130. The number of hydrogen-bond donors (Lipinski definition) is 1. The van der Waals surface area contributed by atoms with Crippen LogP contribution in [0.15, 0.2) is 4.52 Å². The summed E-state index contributed by atoms with van der Waals surface area (Å²) in [5, 5.41) is 7.50. The molecule has 100 valence electrons. The highest BCUT2D eigenvalue weighted by atomic mass is 16.5. The minimum Gasteiger partial charge on any atom is -0.374 e. The zero-order valence-corrected chi connectivity index (χ0v) is 11.1. The molecule has 1 N–H and O–H groups in total. The van der Waals surface area contributed by atoms with Crippen molar-refractivity contribution >= 4 is 0 Å². The third-order valence-corrected chi connectivity index (χ3v) is 3.97. The summed E-state index contributed by atoms with van der Waals surface area (Å²) in [4.78, 5) is 4.54. The lowest BCUT2D eigenvalue weighted by molar-refractivity contribution is 0.0996. The van der Waals surface area contributed by atoms with E-state index >= 15 is 0 Å². The van der Waals surface area contributed by atoms with Gasteiger partial charge >= 0.3 is 0 Å². The molecule has 18 heavy (non-hydrogen) atoms. The minimum atomic E-state index is 0.130. The smallest absolute Gasteiger partial charge is 0.243 e. The Morgan fingerprint density at radius 2 is 2.33 bits per heavy atom. The maximum absolute atomic E-state index is 5.84. The van der Waals surface area contributed by atoms with Gasteiger partial charge in [-0.25, -0.2) is 0 Å². The molecule has 0 aliphatic carbocycles. The van der Waals surface area contributed by atoms with Gasteiger partial charge in [0.1, 0.15) is 0 Å². The van der Waals surface area contributed by atoms with Crippen molar-refractivity contribution in [1.29, 1.82) is 0 Å². The van der Waals surface area contributed by atoms with E-state index in [-0.39, 0.29) is 6.04 Å². The van der Waals surface area contributed by atoms with E-state index in [4.69, 9.17) is 9.26 Å². The number of rotatable bonds is 5. The molecular weight excluding hydrogens is 230 g/mol. The third kappa shape index (κ3) is 2.17. The zero-order chi connectivity index (χ0) is 12.5. The quantitative estimate of drug-likeness (QED) is 0.869. The van der Waals surface area contributed by atoms with Gasteiger partial charge in [-0.1, -0.05) is 12.1 Å². The summed E-state index contributed by atoms with van der Waals surface area (Å²) in [5.41, 5.74) is 0. The summed E-state index contributed by atoms with van der Waals surface area (Å²) in [7, 11) is 0. The molecule has 0 radical (unpaired) electrons. The van der Waals surface area contributed by atoms with Crippen molar-refractivity contribution < 1.29 is 9.26 Å². The maximum Gasteiger partial charge on any atom is 0.243 e. The fourth-order valence-electron chi connectivity index (χ4n) is 2.93. The molecule has 3 heterocycles. The molecule has 0 amide bonds. The van der Waals surface area contributed by atoms with Crippen LogP contribution in [-0.4, -0.2) is 28.9 Å². The number of nitrogens with zero attached hydrogens (tertiary/aromatic N) is 2. The molecule has 3 rings (SSSR count). The predicted octanol–water partition coefficient (Wildman–Crippen LogP) is 2.17. The van der Waals surface area contributed by atoms with Crippen molar-refractivity contribution in [2.75, 3.05) is 6.54 Å². The van der Waals surface area contributed by atoms with E-state index in [1.165, 1.54) is 6.42 Å². The number of fused-ring (bicyclic) bond motifs is 2. The first-order valence-electron chi connectivity index (χ1n) is 7.00. The number of nitrogens with one attached hydrogen (secondary N) is 1. The predicted molar refractivity (Wildman–Crippen MR) is 66.3 cm³/mol. The van der Waals surface area contributed by atoms with E-state index in [9.17, 15) is 0 Å². The molecule has 4 atom stereocenters. The molecule has 2 aliphatic heterocycles. The first-order valence-corrected chi connectivity index (χ1v) is 7.00. The molecule has 0 spiro atoms. The van der Waals surface area contributed by atoms with Gasteiger partial charge < -0.3 is 14.6 Å². The average molecular weight is 251 g/mol. The monoisotopic (exact) mass is 251 g/mol. The van der Waals surface area contributed by atoms with Gasteiger partial charge in [0.2, 0.25) is 5.89 Å². The highest BCUT2D eigenvalue weighted by Crippen LogP contribution is 2.43. The van der Waals surface area contributed by atoms with Crippen molar-refractivity contribution in [3.05, 3.63) is 11.7 Å². The van der Waals surface area contributed by atoms with Crippen LogP contribution in [0.5, 0.6) is 0 Å². The summed E-state index contributed by atoms with van der Waals surface area (Å²) in [5.74, 6) is 1.88. The van der Waals surface area contributed by atoms with E-state index in [0.29, 0.717) is 24.0 Å². The molecule has 4 unspecified atom stereocenters. The van der Waals surface area contributed by atoms with Gasteiger partial charge in [0.05, 0.1) is 24.2 Å². The average Bonchev–Trinajstić information content (AvgIpc) is 3.09. The van der Waals surface area contributed by atoms with Gasteiger partial charge in [-0.3, -0.25) is 0 Å². The Morgan fingerprint density at radius 1 is 1.44 bits per heavy atom. The third-order valence-electron chi connectivity index (χ3n) is 3.97. The van der Waals surface area contributed by atoms with Crippen LogP contribution in [-0.2, 0) is 4.74 Å². The van der Waals surface area contributed by atoms with Crippen molar-refractivity contribution in [2.45, 2.75) is 63.7 Å². The zero-order valence-electron chi connectivity index (χ0n) is 11.1. The molecule has 2 fully saturated rings. The molecule has 1 aromatic rings. The summed E-state index contributed by atoms with van der Waals surface area (Å²) in [6, 6.07) is 0.130. The fourth-order valence-corrected chi connectivity index (χ4v) is 2.93. The van der Waals surface area contributed by atoms with Gasteiger partial charge in [0, 0.05) is 0 Å². The Balaban J connectivity index is 1.66. The Bertz CT molecular complexity index is 407. The second kappa shape index (κ2) is 4.97. The lowest BCUT2D eigenvalue weighted by Crippen LogP contribution is -2.20. The Hall–Kier alpha value is -0.940. The summed E-state index contributed by atoms with van der Waals surface area (Å²) in [6.45, 7) is 5.17. The lowest BCUT2D eigenvalue weighted by atomic mass is 9.89. The first-order chi connectivity index (χ1) is 8.78. The van der Waals surface area contributed by atoms with Gasteiger partial charge in [-0.15, -0.1) is 0 Å². The van der Waals surface area contributed by atoms with Crippen molar-refractivity contribution in [1.82, 2.24) is 15.5 Å². The van der Waals surface area contributed by atoms with Crippen molar-refractivity contribution in [2.24, 2.45) is 0 Å². The van der Waals surface area contributed by atoms with Gasteiger partial charge in [-0.05, 0) is 39.2 Å².